The summed E-state index contributed by atoms with van der Waals surface area (Å²) in [6, 6.07) is 20.3. The molecule has 0 aromatic heterocycles. The summed E-state index contributed by atoms with van der Waals surface area (Å²) in [5.74, 6) is -1.27. The highest BCUT2D eigenvalue weighted by atomic mass is 32.3. The largest absolute Gasteiger partial charge is 0.327 e. The number of hydrogen-bond donors (Lipinski definition) is 0. The van der Waals surface area contributed by atoms with Crippen LogP contribution in [-0.4, -0.2) is 21.2 Å². The van der Waals surface area contributed by atoms with Crippen molar-refractivity contribution >= 4 is 19.7 Å². The maximum absolute atomic E-state index is 17.1. The molecule has 0 aliphatic carbocycles. The van der Waals surface area contributed by atoms with Gasteiger partial charge in [0.25, 0.3) is 0 Å². The lowest BCUT2D eigenvalue weighted by atomic mass is 9.96. The lowest BCUT2D eigenvalue weighted by molar-refractivity contribution is 0.331. The summed E-state index contributed by atoms with van der Waals surface area (Å²) in [5, 5.41) is 0. The Kier molecular flexibility index (Phi) is 7.24. The van der Waals surface area contributed by atoms with E-state index in [-0.39, 0.29) is 5.56 Å². The molecule has 0 saturated heterocycles. The van der Waals surface area contributed by atoms with Crippen molar-refractivity contribution in [3.63, 3.8) is 0 Å². The molecule has 33 heavy (non-hydrogen) atoms. The molecule has 1 unspecified atom stereocenters. The van der Waals surface area contributed by atoms with Crippen molar-refractivity contribution in [2.45, 2.75) is 40.3 Å². The minimum Gasteiger partial charge on any atom is -0.219 e. The second kappa shape index (κ2) is 9.61. The number of hydrogen-bond acceptors (Lipinski definition) is 4. The van der Waals surface area contributed by atoms with E-state index in [1.54, 1.807) is 36.4 Å². The summed E-state index contributed by atoms with van der Waals surface area (Å²) in [7, 11) is -10.0. The third kappa shape index (κ3) is 4.52. The van der Waals surface area contributed by atoms with Crippen molar-refractivity contribution in [2.24, 2.45) is 5.92 Å². The average Bonchev–Trinajstić information content (AvgIpc) is 2.81. The zero-order chi connectivity index (χ0) is 24.3. The average molecular weight is 487 g/mol. The first-order chi connectivity index (χ1) is 15.6. The van der Waals surface area contributed by atoms with E-state index in [1.165, 1.54) is 48.5 Å². The molecule has 0 amide bonds. The van der Waals surface area contributed by atoms with Crippen LogP contribution < -0.4 is 0 Å². The Morgan fingerprint density at radius 3 is 1.58 bits per heavy atom. The second-order valence-corrected chi connectivity index (χ2v) is 12.7. The second-order valence-electron chi connectivity index (χ2n) is 8.27. The van der Waals surface area contributed by atoms with E-state index < -0.39 is 39.7 Å². The zero-order valence-electron chi connectivity index (χ0n) is 18.6. The molecule has 0 radical (unpaired) electrons. The van der Waals surface area contributed by atoms with E-state index >= 15 is 4.39 Å². The zero-order valence-corrected chi connectivity index (χ0v) is 20.2. The molecule has 1 atom stereocenters. The highest BCUT2D eigenvalue weighted by Gasteiger charge is 2.62. The topological polar surface area (TPSA) is 68.3 Å². The first-order valence-corrected chi connectivity index (χ1v) is 13.5. The van der Waals surface area contributed by atoms with E-state index in [9.17, 15) is 16.8 Å². The van der Waals surface area contributed by atoms with Crippen LogP contribution in [0.2, 0.25) is 0 Å². The Morgan fingerprint density at radius 1 is 0.788 bits per heavy atom. The van der Waals surface area contributed by atoms with Gasteiger partial charge in [0.2, 0.25) is 19.7 Å². The molecule has 3 rings (SSSR count). The third-order valence-electron chi connectivity index (χ3n) is 5.43. The molecular formula is C26H27FO4S2. The summed E-state index contributed by atoms with van der Waals surface area (Å²) < 4.78 is 68.0. The molecule has 0 bridgehead atoms. The van der Waals surface area contributed by atoms with Gasteiger partial charge >= 0.3 is 4.33 Å². The van der Waals surface area contributed by atoms with Crippen LogP contribution in [0.5, 0.6) is 0 Å². The first-order valence-electron chi connectivity index (χ1n) is 10.6. The molecule has 3 aromatic carbocycles. The molecule has 0 heterocycles. The standard InChI is InChI=1S/C26H27FO4S2/c1-4-25(22-17-15-21(16-18-22)19-20(2)3)26(27,32(28,29)23-11-7-5-8-12-23)33(30,31)24-13-9-6-10-14-24/h4-18,20,25H,1,19H2,2-3H3. The number of benzene rings is 3. The van der Waals surface area contributed by atoms with Gasteiger partial charge in [-0.15, -0.1) is 6.58 Å². The smallest absolute Gasteiger partial charge is 0.219 e. The Bertz CT molecular complexity index is 1230. The van der Waals surface area contributed by atoms with Gasteiger partial charge in [-0.25, -0.2) is 21.2 Å². The molecular weight excluding hydrogens is 459 g/mol. The fourth-order valence-electron chi connectivity index (χ4n) is 3.81. The van der Waals surface area contributed by atoms with Crippen LogP contribution >= 0.6 is 0 Å². The molecule has 0 aliphatic heterocycles. The predicted octanol–water partition coefficient (Wildman–Crippen LogP) is 5.73. The molecule has 3 aromatic rings. The van der Waals surface area contributed by atoms with Crippen LogP contribution in [0.4, 0.5) is 4.39 Å². The highest BCUT2D eigenvalue weighted by Crippen LogP contribution is 2.47. The summed E-state index contributed by atoms with van der Waals surface area (Å²) >= 11 is 0. The summed E-state index contributed by atoms with van der Waals surface area (Å²) in [4.78, 5) is -0.842. The van der Waals surface area contributed by atoms with Crippen LogP contribution in [-0.2, 0) is 26.1 Å². The molecule has 0 saturated carbocycles. The lowest BCUT2D eigenvalue weighted by Crippen LogP contribution is -2.47. The monoisotopic (exact) mass is 486 g/mol. The minimum absolute atomic E-state index is 0.207. The maximum atomic E-state index is 17.1. The predicted molar refractivity (Wildman–Crippen MR) is 129 cm³/mol. The summed E-state index contributed by atoms with van der Waals surface area (Å²) in [6.07, 6.45) is 1.84. The molecule has 4 nitrogen and oxygen atoms in total. The Hall–Kier alpha value is -2.77. The quantitative estimate of drug-likeness (QED) is 0.363. The van der Waals surface area contributed by atoms with E-state index in [2.05, 4.69) is 20.4 Å². The number of alkyl halides is 1. The van der Waals surface area contributed by atoms with Gasteiger partial charge in [-0.3, -0.25) is 0 Å². The van der Waals surface area contributed by atoms with Gasteiger partial charge in [0, 0.05) is 0 Å². The van der Waals surface area contributed by atoms with Gasteiger partial charge < -0.3 is 0 Å². The van der Waals surface area contributed by atoms with Gasteiger partial charge in [0.05, 0.1) is 15.7 Å². The Labute approximate surface area is 195 Å². The van der Waals surface area contributed by atoms with Crippen LogP contribution in [0.3, 0.4) is 0 Å². The van der Waals surface area contributed by atoms with Crippen molar-refractivity contribution in [3.05, 3.63) is 109 Å². The maximum Gasteiger partial charge on any atom is 0.327 e. The molecule has 0 spiro atoms. The molecule has 0 aliphatic rings. The van der Waals surface area contributed by atoms with Crippen LogP contribution in [0.25, 0.3) is 0 Å². The number of sulfone groups is 2. The van der Waals surface area contributed by atoms with Crippen molar-refractivity contribution in [3.8, 4) is 0 Å². The number of halogens is 1. The SMILES string of the molecule is C=CC(c1ccc(CC(C)C)cc1)C(F)(S(=O)(=O)c1ccccc1)S(=O)(=O)c1ccccc1. The van der Waals surface area contributed by atoms with Crippen LogP contribution in [0.15, 0.2) is 107 Å². The van der Waals surface area contributed by atoms with Crippen LogP contribution in [0, 0.1) is 5.92 Å². The lowest BCUT2D eigenvalue weighted by Gasteiger charge is -2.31. The van der Waals surface area contributed by atoms with Gasteiger partial charge in [-0.1, -0.05) is 80.6 Å². The first kappa shape index (κ1) is 24.9. The number of rotatable bonds is 9. The molecule has 174 valence electrons. The van der Waals surface area contributed by atoms with Crippen molar-refractivity contribution in [2.75, 3.05) is 0 Å². The van der Waals surface area contributed by atoms with Crippen molar-refractivity contribution in [1.29, 1.82) is 0 Å². The van der Waals surface area contributed by atoms with E-state index in [4.69, 9.17) is 0 Å². The van der Waals surface area contributed by atoms with E-state index in [0.29, 0.717) is 5.92 Å². The Morgan fingerprint density at radius 2 is 1.21 bits per heavy atom. The van der Waals surface area contributed by atoms with Gasteiger partial charge in [0.15, 0.2) is 0 Å². The van der Waals surface area contributed by atoms with E-state index in [0.717, 1.165) is 18.1 Å². The normalized spacial score (nSPS) is 13.6. The van der Waals surface area contributed by atoms with Crippen molar-refractivity contribution in [1.82, 2.24) is 0 Å². The highest BCUT2D eigenvalue weighted by molar-refractivity contribution is 8.10. The fourth-order valence-corrected chi connectivity index (χ4v) is 8.35. The summed E-state index contributed by atoms with van der Waals surface area (Å²) in [5.41, 5.74) is 1.19. The molecule has 0 fully saturated rings. The van der Waals surface area contributed by atoms with Gasteiger partial charge in [0.1, 0.15) is 0 Å². The van der Waals surface area contributed by atoms with Crippen LogP contribution in [0.1, 0.15) is 30.9 Å². The van der Waals surface area contributed by atoms with Gasteiger partial charge in [-0.05, 0) is 47.7 Å². The third-order valence-corrected chi connectivity index (χ3v) is 10.5. The van der Waals surface area contributed by atoms with Crippen molar-refractivity contribution < 1.29 is 21.2 Å². The number of allylic oxidation sites excluding steroid dienone is 1. The summed E-state index contributed by atoms with van der Waals surface area (Å²) in [6.45, 7) is 7.74. The molecule has 7 heteroatoms. The molecule has 0 N–H and O–H groups in total. The van der Waals surface area contributed by atoms with E-state index in [1.807, 2.05) is 0 Å². The van der Waals surface area contributed by atoms with Gasteiger partial charge in [-0.2, -0.15) is 0 Å². The minimum atomic E-state index is -5.02. The fraction of sp³-hybridized carbons (Fsp3) is 0.231. The Balaban J connectivity index is 2.27.